The van der Waals surface area contributed by atoms with Crippen LogP contribution in [0.1, 0.15) is 29.8 Å². The molecule has 1 amide bonds. The number of hydrogen-bond donors (Lipinski definition) is 1. The molecule has 2 aromatic carbocycles. The number of rotatable bonds is 5. The van der Waals surface area contributed by atoms with E-state index < -0.39 is 0 Å². The van der Waals surface area contributed by atoms with E-state index in [0.29, 0.717) is 23.7 Å². The van der Waals surface area contributed by atoms with E-state index in [1.54, 1.807) is 12.1 Å². The van der Waals surface area contributed by atoms with Crippen LogP contribution in [0.3, 0.4) is 0 Å². The number of oxazole rings is 1. The second-order valence-corrected chi connectivity index (χ2v) is 7.23. The minimum atomic E-state index is -0.313. The summed E-state index contributed by atoms with van der Waals surface area (Å²) in [6, 6.07) is 14.4. The number of aryl methyl sites for hydroxylation is 1. The lowest BCUT2D eigenvalue weighted by Gasteiger charge is -2.36. The molecule has 31 heavy (non-hydrogen) atoms. The fraction of sp³-hybridized carbons (Fsp3) is 0.304. The first-order valence-corrected chi connectivity index (χ1v) is 9.93. The van der Waals surface area contributed by atoms with Crippen molar-refractivity contribution in [2.24, 2.45) is 0 Å². The number of benzene rings is 2. The number of aromatic nitrogens is 1. The number of amides is 1. The second kappa shape index (κ2) is 11.3. The van der Waals surface area contributed by atoms with Gasteiger partial charge in [0.25, 0.3) is 0 Å². The highest BCUT2D eigenvalue weighted by atomic mass is 35.5. The predicted octanol–water partition coefficient (Wildman–Crippen LogP) is 4.60. The molecule has 1 aliphatic rings. The maximum absolute atomic E-state index is 13.1. The van der Waals surface area contributed by atoms with Crippen LogP contribution in [0.15, 0.2) is 59.2 Å². The third kappa shape index (κ3) is 5.85. The maximum atomic E-state index is 13.1. The molecule has 5 nitrogen and oxygen atoms in total. The smallest absolute Gasteiger partial charge is 0.229 e. The van der Waals surface area contributed by atoms with Gasteiger partial charge < -0.3 is 14.6 Å². The molecule has 1 fully saturated rings. The number of nitrogens with one attached hydrogen (secondary N) is 1. The van der Waals surface area contributed by atoms with Crippen molar-refractivity contribution >= 4 is 30.7 Å². The molecule has 0 aliphatic carbocycles. The van der Waals surface area contributed by atoms with Crippen LogP contribution in [0.5, 0.6) is 0 Å². The molecule has 0 spiro atoms. The molecule has 2 heterocycles. The van der Waals surface area contributed by atoms with Gasteiger partial charge in [0.2, 0.25) is 11.8 Å². The lowest BCUT2D eigenvalue weighted by Crippen LogP contribution is -2.49. The molecule has 0 saturated carbocycles. The molecule has 166 valence electrons. The van der Waals surface area contributed by atoms with E-state index in [-0.39, 0.29) is 49.0 Å². The van der Waals surface area contributed by atoms with Crippen LogP contribution in [0.2, 0.25) is 0 Å². The van der Waals surface area contributed by atoms with Crippen molar-refractivity contribution in [3.05, 3.63) is 77.4 Å². The minimum absolute atomic E-state index is 0. The van der Waals surface area contributed by atoms with E-state index in [4.69, 9.17) is 4.42 Å². The van der Waals surface area contributed by atoms with Crippen LogP contribution in [-0.4, -0.2) is 35.4 Å². The largest absolute Gasteiger partial charge is 0.444 e. The number of halogens is 3. The van der Waals surface area contributed by atoms with E-state index in [1.165, 1.54) is 24.0 Å². The Kier molecular flexibility index (Phi) is 9.04. The van der Waals surface area contributed by atoms with Gasteiger partial charge in [0.05, 0.1) is 18.2 Å². The normalized spacial score (nSPS) is 15.7. The van der Waals surface area contributed by atoms with Crippen molar-refractivity contribution in [3.63, 3.8) is 0 Å². The summed E-state index contributed by atoms with van der Waals surface area (Å²) < 4.78 is 18.6. The van der Waals surface area contributed by atoms with Gasteiger partial charge >= 0.3 is 0 Å². The SMILES string of the molecule is CCc1ccc(C2CNCCN2C(=O)Cc2coc(-c3ccc(F)cc3)n2)cc1.Cl.Cl. The number of hydrogen-bond acceptors (Lipinski definition) is 4. The molecule has 4 rings (SSSR count). The van der Waals surface area contributed by atoms with Crippen molar-refractivity contribution in [2.45, 2.75) is 25.8 Å². The molecule has 0 bridgehead atoms. The van der Waals surface area contributed by atoms with E-state index in [2.05, 4.69) is 41.5 Å². The number of piperazine rings is 1. The number of carbonyl (C=O) groups is 1. The zero-order chi connectivity index (χ0) is 20.2. The lowest BCUT2D eigenvalue weighted by atomic mass is 10.0. The van der Waals surface area contributed by atoms with E-state index >= 15 is 0 Å². The van der Waals surface area contributed by atoms with Crippen LogP contribution >= 0.6 is 24.8 Å². The predicted molar refractivity (Wildman–Crippen MR) is 123 cm³/mol. The topological polar surface area (TPSA) is 58.4 Å². The lowest BCUT2D eigenvalue weighted by molar-refractivity contribution is -0.133. The Morgan fingerprint density at radius 1 is 1.16 bits per heavy atom. The highest BCUT2D eigenvalue weighted by molar-refractivity contribution is 5.85. The van der Waals surface area contributed by atoms with Crippen LogP contribution in [-0.2, 0) is 17.6 Å². The highest BCUT2D eigenvalue weighted by Crippen LogP contribution is 2.25. The van der Waals surface area contributed by atoms with E-state index in [1.807, 2.05) is 4.90 Å². The standard InChI is InChI=1S/C23H24FN3O2.2ClH/c1-2-16-3-5-17(6-4-16)21-14-25-11-12-27(21)22(28)13-20-15-29-23(26-20)18-7-9-19(24)10-8-18;;/h3-10,15,21,25H,2,11-14H2,1H3;2*1H. The van der Waals surface area contributed by atoms with Crippen molar-refractivity contribution in [1.82, 2.24) is 15.2 Å². The molecular weight excluding hydrogens is 440 g/mol. The molecule has 1 aliphatic heterocycles. The van der Waals surface area contributed by atoms with E-state index in [9.17, 15) is 9.18 Å². The Bertz CT molecular complexity index is 977. The summed E-state index contributed by atoms with van der Waals surface area (Å²) in [5.41, 5.74) is 3.68. The molecular formula is C23H26Cl2FN3O2. The van der Waals surface area contributed by atoms with Crippen molar-refractivity contribution < 1.29 is 13.6 Å². The third-order valence-electron chi connectivity index (χ3n) is 5.31. The van der Waals surface area contributed by atoms with Crippen molar-refractivity contribution in [2.75, 3.05) is 19.6 Å². The first-order valence-electron chi connectivity index (χ1n) is 9.93. The second-order valence-electron chi connectivity index (χ2n) is 7.23. The quantitative estimate of drug-likeness (QED) is 0.597. The number of nitrogens with zero attached hydrogens (tertiary/aromatic N) is 2. The monoisotopic (exact) mass is 465 g/mol. The molecule has 1 aromatic heterocycles. The highest BCUT2D eigenvalue weighted by Gasteiger charge is 2.28. The summed E-state index contributed by atoms with van der Waals surface area (Å²) in [6.45, 7) is 4.29. The Balaban J connectivity index is 0.00000171. The summed E-state index contributed by atoms with van der Waals surface area (Å²) in [5, 5.41) is 3.38. The van der Waals surface area contributed by atoms with Gasteiger partial charge in [0.15, 0.2) is 0 Å². The summed E-state index contributed by atoms with van der Waals surface area (Å²) in [6.07, 6.45) is 2.67. The summed E-state index contributed by atoms with van der Waals surface area (Å²) in [5.74, 6) is 0.0993. The van der Waals surface area contributed by atoms with Gasteiger partial charge in [-0.05, 0) is 41.8 Å². The van der Waals surface area contributed by atoms with Gasteiger partial charge in [-0.1, -0.05) is 31.2 Å². The maximum Gasteiger partial charge on any atom is 0.229 e. The fourth-order valence-corrected chi connectivity index (χ4v) is 3.65. The van der Waals surface area contributed by atoms with Crippen LogP contribution in [0, 0.1) is 5.82 Å². The molecule has 3 aromatic rings. The zero-order valence-corrected chi connectivity index (χ0v) is 18.8. The summed E-state index contributed by atoms with van der Waals surface area (Å²) in [4.78, 5) is 19.4. The third-order valence-corrected chi connectivity index (χ3v) is 5.31. The number of carbonyl (C=O) groups excluding carboxylic acids is 1. The first kappa shape index (κ1) is 24.9. The Hall–Kier alpha value is -2.41. The fourth-order valence-electron chi connectivity index (χ4n) is 3.65. The van der Waals surface area contributed by atoms with Gasteiger partial charge in [-0.2, -0.15) is 0 Å². The average Bonchev–Trinajstić information content (AvgIpc) is 3.22. The van der Waals surface area contributed by atoms with Crippen LogP contribution in [0.4, 0.5) is 4.39 Å². The summed E-state index contributed by atoms with van der Waals surface area (Å²) >= 11 is 0. The van der Waals surface area contributed by atoms with Gasteiger partial charge in [-0.3, -0.25) is 4.79 Å². The summed E-state index contributed by atoms with van der Waals surface area (Å²) in [7, 11) is 0. The Labute approximate surface area is 193 Å². The van der Waals surface area contributed by atoms with Crippen molar-refractivity contribution in [3.8, 4) is 11.5 Å². The van der Waals surface area contributed by atoms with Gasteiger partial charge in [0, 0.05) is 25.2 Å². The van der Waals surface area contributed by atoms with Crippen molar-refractivity contribution in [1.29, 1.82) is 0 Å². The van der Waals surface area contributed by atoms with Crippen LogP contribution < -0.4 is 5.32 Å². The Morgan fingerprint density at radius 2 is 1.87 bits per heavy atom. The van der Waals surface area contributed by atoms with Crippen LogP contribution in [0.25, 0.3) is 11.5 Å². The van der Waals surface area contributed by atoms with Gasteiger partial charge in [0.1, 0.15) is 12.1 Å². The average molecular weight is 466 g/mol. The molecule has 0 radical (unpaired) electrons. The zero-order valence-electron chi connectivity index (χ0n) is 17.2. The van der Waals surface area contributed by atoms with E-state index in [0.717, 1.165) is 25.1 Å². The molecule has 1 unspecified atom stereocenters. The first-order chi connectivity index (χ1) is 14.1. The molecule has 8 heteroatoms. The Morgan fingerprint density at radius 3 is 2.55 bits per heavy atom. The molecule has 1 N–H and O–H groups in total. The molecule has 1 atom stereocenters. The molecule has 1 saturated heterocycles. The van der Waals surface area contributed by atoms with Gasteiger partial charge in [-0.15, -0.1) is 24.8 Å². The van der Waals surface area contributed by atoms with Gasteiger partial charge in [-0.25, -0.2) is 9.37 Å². The minimum Gasteiger partial charge on any atom is -0.444 e.